The Morgan fingerprint density at radius 2 is 2.05 bits per heavy atom. The number of carbonyl (C=O) groups is 2. The molecule has 1 aliphatic heterocycles. The number of hydrogen-bond donors (Lipinski definition) is 2. The number of rotatable bonds is 4. The van der Waals surface area contributed by atoms with Crippen LogP contribution in [0.25, 0.3) is 0 Å². The standard InChI is InChI=1S/C13H24N2O4/c1-9-10(6-8-19-9)14-12(18)15(13(2,3)4)7-5-11(16)17/h9-10H,5-8H2,1-4H3,(H,14,18)(H,16,17). The summed E-state index contributed by atoms with van der Waals surface area (Å²) in [7, 11) is 0. The average molecular weight is 272 g/mol. The Bertz CT molecular complexity index is 338. The minimum atomic E-state index is -0.903. The molecule has 2 amide bonds. The molecule has 6 nitrogen and oxygen atoms in total. The van der Waals surface area contributed by atoms with Crippen molar-refractivity contribution in [1.82, 2.24) is 10.2 Å². The van der Waals surface area contributed by atoms with Crippen molar-refractivity contribution in [3.8, 4) is 0 Å². The van der Waals surface area contributed by atoms with Crippen LogP contribution in [0.3, 0.4) is 0 Å². The molecule has 2 atom stereocenters. The lowest BCUT2D eigenvalue weighted by Gasteiger charge is -2.36. The molecule has 0 radical (unpaired) electrons. The van der Waals surface area contributed by atoms with Crippen molar-refractivity contribution >= 4 is 12.0 Å². The van der Waals surface area contributed by atoms with Gasteiger partial charge in [-0.15, -0.1) is 0 Å². The highest BCUT2D eigenvalue weighted by Gasteiger charge is 2.31. The van der Waals surface area contributed by atoms with Gasteiger partial charge in [-0.3, -0.25) is 4.79 Å². The molecule has 1 fully saturated rings. The molecule has 2 N–H and O–H groups in total. The van der Waals surface area contributed by atoms with Crippen LogP contribution in [0.1, 0.15) is 40.5 Å². The van der Waals surface area contributed by atoms with Gasteiger partial charge in [-0.2, -0.15) is 0 Å². The molecule has 1 heterocycles. The van der Waals surface area contributed by atoms with E-state index in [1.54, 1.807) is 4.90 Å². The summed E-state index contributed by atoms with van der Waals surface area (Å²) in [6.07, 6.45) is 0.746. The SMILES string of the molecule is CC1OCCC1NC(=O)N(CCC(=O)O)C(C)(C)C. The minimum absolute atomic E-state index is 0.00202. The molecular weight excluding hydrogens is 248 g/mol. The summed E-state index contributed by atoms with van der Waals surface area (Å²) in [6.45, 7) is 8.45. The largest absolute Gasteiger partial charge is 0.481 e. The third-order valence-corrected chi connectivity index (χ3v) is 3.29. The van der Waals surface area contributed by atoms with Gasteiger partial charge >= 0.3 is 12.0 Å². The Kier molecular flexibility index (Phi) is 5.17. The Morgan fingerprint density at radius 3 is 2.47 bits per heavy atom. The van der Waals surface area contributed by atoms with Crippen LogP contribution >= 0.6 is 0 Å². The molecule has 0 aliphatic carbocycles. The molecule has 6 heteroatoms. The summed E-state index contributed by atoms with van der Waals surface area (Å²) in [6, 6.07) is -0.224. The first-order chi connectivity index (χ1) is 8.71. The fraction of sp³-hybridized carbons (Fsp3) is 0.846. The number of amides is 2. The second kappa shape index (κ2) is 6.23. The van der Waals surface area contributed by atoms with Crippen LogP contribution in [0.15, 0.2) is 0 Å². The molecule has 110 valence electrons. The number of carboxylic acid groups (broad SMARTS) is 1. The topological polar surface area (TPSA) is 78.9 Å². The number of hydrogen-bond acceptors (Lipinski definition) is 3. The van der Waals surface area contributed by atoms with E-state index in [1.807, 2.05) is 27.7 Å². The van der Waals surface area contributed by atoms with Gasteiger partial charge in [0.05, 0.1) is 18.6 Å². The Morgan fingerprint density at radius 1 is 1.42 bits per heavy atom. The molecule has 0 aromatic carbocycles. The van der Waals surface area contributed by atoms with Crippen molar-refractivity contribution in [3.05, 3.63) is 0 Å². The number of nitrogens with zero attached hydrogens (tertiary/aromatic N) is 1. The number of urea groups is 1. The van der Waals surface area contributed by atoms with Crippen molar-refractivity contribution in [2.75, 3.05) is 13.2 Å². The number of carbonyl (C=O) groups excluding carboxylic acids is 1. The molecule has 1 saturated heterocycles. The highest BCUT2D eigenvalue weighted by molar-refractivity contribution is 5.76. The molecule has 0 aromatic rings. The number of ether oxygens (including phenoxy) is 1. The maximum Gasteiger partial charge on any atom is 0.318 e. The van der Waals surface area contributed by atoms with Crippen LogP contribution in [-0.4, -0.2) is 52.8 Å². The summed E-state index contributed by atoms with van der Waals surface area (Å²) in [5.41, 5.74) is -0.414. The number of carboxylic acids is 1. The van der Waals surface area contributed by atoms with Gasteiger partial charge in [-0.1, -0.05) is 0 Å². The molecule has 0 bridgehead atoms. The molecule has 0 spiro atoms. The molecule has 1 rings (SSSR count). The summed E-state index contributed by atoms with van der Waals surface area (Å²) < 4.78 is 5.40. The maximum absolute atomic E-state index is 12.3. The Labute approximate surface area is 114 Å². The van der Waals surface area contributed by atoms with E-state index in [9.17, 15) is 9.59 Å². The fourth-order valence-electron chi connectivity index (χ4n) is 2.11. The van der Waals surface area contributed by atoms with Gasteiger partial charge in [-0.25, -0.2) is 4.79 Å². The predicted molar refractivity (Wildman–Crippen MR) is 71.1 cm³/mol. The van der Waals surface area contributed by atoms with Crippen molar-refractivity contribution in [1.29, 1.82) is 0 Å². The van der Waals surface area contributed by atoms with E-state index >= 15 is 0 Å². The zero-order chi connectivity index (χ0) is 14.6. The van der Waals surface area contributed by atoms with Crippen LogP contribution in [0.2, 0.25) is 0 Å². The van der Waals surface area contributed by atoms with Crippen molar-refractivity contribution < 1.29 is 19.4 Å². The van der Waals surface area contributed by atoms with Crippen LogP contribution in [0.5, 0.6) is 0 Å². The lowest BCUT2D eigenvalue weighted by Crippen LogP contribution is -2.54. The average Bonchev–Trinajstić information content (AvgIpc) is 2.62. The van der Waals surface area contributed by atoms with Crippen molar-refractivity contribution in [2.45, 2.75) is 58.2 Å². The van der Waals surface area contributed by atoms with E-state index in [0.717, 1.165) is 6.42 Å². The second-order valence-corrected chi connectivity index (χ2v) is 5.89. The minimum Gasteiger partial charge on any atom is -0.481 e. The monoisotopic (exact) mass is 272 g/mol. The summed E-state index contributed by atoms with van der Waals surface area (Å²) >= 11 is 0. The normalized spacial score (nSPS) is 23.2. The van der Waals surface area contributed by atoms with Crippen molar-refractivity contribution in [2.24, 2.45) is 0 Å². The van der Waals surface area contributed by atoms with Gasteiger partial charge < -0.3 is 20.1 Å². The van der Waals surface area contributed by atoms with E-state index in [0.29, 0.717) is 6.61 Å². The molecule has 0 aromatic heterocycles. The fourth-order valence-corrected chi connectivity index (χ4v) is 2.11. The molecular formula is C13H24N2O4. The lowest BCUT2D eigenvalue weighted by atomic mass is 10.1. The van der Waals surface area contributed by atoms with Gasteiger partial charge in [0.15, 0.2) is 0 Å². The molecule has 19 heavy (non-hydrogen) atoms. The summed E-state index contributed by atoms with van der Waals surface area (Å²) in [5.74, 6) is -0.903. The number of nitrogens with one attached hydrogen (secondary N) is 1. The van der Waals surface area contributed by atoms with Gasteiger partial charge in [0.2, 0.25) is 0 Å². The van der Waals surface area contributed by atoms with Crippen LogP contribution in [-0.2, 0) is 9.53 Å². The summed E-state index contributed by atoms with van der Waals surface area (Å²) in [5, 5.41) is 11.7. The first kappa shape index (κ1) is 15.8. The van der Waals surface area contributed by atoms with Crippen molar-refractivity contribution in [3.63, 3.8) is 0 Å². The first-order valence-corrected chi connectivity index (χ1v) is 6.63. The molecule has 0 saturated carbocycles. The number of aliphatic carboxylic acids is 1. The van der Waals surface area contributed by atoms with E-state index in [-0.39, 0.29) is 31.1 Å². The zero-order valence-electron chi connectivity index (χ0n) is 12.1. The summed E-state index contributed by atoms with van der Waals surface area (Å²) in [4.78, 5) is 24.5. The van der Waals surface area contributed by atoms with Gasteiger partial charge in [0, 0.05) is 18.7 Å². The Hall–Kier alpha value is -1.30. The third-order valence-electron chi connectivity index (χ3n) is 3.29. The first-order valence-electron chi connectivity index (χ1n) is 6.63. The van der Waals surface area contributed by atoms with Gasteiger partial charge in [0.25, 0.3) is 0 Å². The van der Waals surface area contributed by atoms with E-state index in [1.165, 1.54) is 0 Å². The third kappa shape index (κ3) is 4.70. The van der Waals surface area contributed by atoms with E-state index in [2.05, 4.69) is 5.32 Å². The second-order valence-electron chi connectivity index (χ2n) is 5.89. The highest BCUT2D eigenvalue weighted by Crippen LogP contribution is 2.17. The quantitative estimate of drug-likeness (QED) is 0.812. The van der Waals surface area contributed by atoms with E-state index < -0.39 is 11.5 Å². The van der Waals surface area contributed by atoms with Gasteiger partial charge in [-0.05, 0) is 34.1 Å². The van der Waals surface area contributed by atoms with E-state index in [4.69, 9.17) is 9.84 Å². The Balaban J connectivity index is 2.63. The predicted octanol–water partition coefficient (Wildman–Crippen LogP) is 1.45. The van der Waals surface area contributed by atoms with Crippen LogP contribution < -0.4 is 5.32 Å². The van der Waals surface area contributed by atoms with Crippen LogP contribution in [0, 0.1) is 0 Å². The molecule has 2 unspecified atom stereocenters. The lowest BCUT2D eigenvalue weighted by molar-refractivity contribution is -0.137. The maximum atomic E-state index is 12.3. The van der Waals surface area contributed by atoms with Crippen LogP contribution in [0.4, 0.5) is 4.79 Å². The highest BCUT2D eigenvalue weighted by atomic mass is 16.5. The zero-order valence-corrected chi connectivity index (χ0v) is 12.1. The van der Waals surface area contributed by atoms with Gasteiger partial charge in [0.1, 0.15) is 0 Å². The molecule has 1 aliphatic rings. The smallest absolute Gasteiger partial charge is 0.318 e.